The smallest absolute Gasteiger partial charge is 0.278 e. The van der Waals surface area contributed by atoms with Gasteiger partial charge in [0.25, 0.3) is 5.91 Å². The van der Waals surface area contributed by atoms with E-state index in [0.29, 0.717) is 12.2 Å². The van der Waals surface area contributed by atoms with Gasteiger partial charge in [-0.1, -0.05) is 27.3 Å². The fraction of sp³-hybridized carbons (Fsp3) is 0.421. The maximum absolute atomic E-state index is 13.4. The molecule has 0 aliphatic carbocycles. The van der Waals surface area contributed by atoms with Gasteiger partial charge >= 0.3 is 0 Å². The summed E-state index contributed by atoms with van der Waals surface area (Å²) < 4.78 is 3.83. The molecule has 0 atom stereocenters. The Balaban J connectivity index is 1.96. The summed E-state index contributed by atoms with van der Waals surface area (Å²) in [5, 5.41) is 5.04. The Kier molecular flexibility index (Phi) is 6.29. The molecule has 27 heavy (non-hydrogen) atoms. The van der Waals surface area contributed by atoms with Gasteiger partial charge in [-0.15, -0.1) is 0 Å². The van der Waals surface area contributed by atoms with Crippen molar-refractivity contribution in [2.75, 3.05) is 32.1 Å². The summed E-state index contributed by atoms with van der Waals surface area (Å²) in [7, 11) is 4.07. The van der Waals surface area contributed by atoms with E-state index in [0.717, 1.165) is 32.8 Å². The van der Waals surface area contributed by atoms with Crippen molar-refractivity contribution in [1.29, 1.82) is 0 Å². The monoisotopic (exact) mass is 449 g/mol. The molecule has 1 aromatic carbocycles. The number of carbonyl (C=O) groups is 1. The molecule has 3 rings (SSSR count). The highest BCUT2D eigenvalue weighted by molar-refractivity contribution is 9.10. The predicted octanol–water partition coefficient (Wildman–Crippen LogP) is 4.43. The Morgan fingerprint density at radius 2 is 2.04 bits per heavy atom. The first-order chi connectivity index (χ1) is 12.9. The Bertz CT molecular complexity index is 933. The van der Waals surface area contributed by atoms with E-state index in [1.165, 1.54) is 11.3 Å². The lowest BCUT2D eigenvalue weighted by atomic mass is 10.3. The number of hydrogen-bond donors (Lipinski definition) is 0. The van der Waals surface area contributed by atoms with Crippen molar-refractivity contribution in [2.45, 2.75) is 26.3 Å². The van der Waals surface area contributed by atoms with Crippen molar-refractivity contribution in [3.63, 3.8) is 0 Å². The van der Waals surface area contributed by atoms with Gasteiger partial charge < -0.3 is 4.90 Å². The standard InChI is InChI=1S/C19H24BrN5OS/c1-13(2)25-16(8-9-21-25)18(26)24(11-5-10-23(3)4)19-22-15-7-6-14(20)12-17(15)27-19/h6-9,12-13H,5,10-11H2,1-4H3. The van der Waals surface area contributed by atoms with Gasteiger partial charge in [-0.05, 0) is 65.2 Å². The van der Waals surface area contributed by atoms with Crippen molar-refractivity contribution in [3.05, 3.63) is 40.6 Å². The second-order valence-electron chi connectivity index (χ2n) is 6.98. The van der Waals surface area contributed by atoms with Crippen molar-refractivity contribution >= 4 is 48.5 Å². The summed E-state index contributed by atoms with van der Waals surface area (Å²) in [5.41, 5.74) is 1.50. The van der Waals surface area contributed by atoms with Crippen LogP contribution in [0.5, 0.6) is 0 Å². The molecule has 0 unspecified atom stereocenters. The highest BCUT2D eigenvalue weighted by atomic mass is 79.9. The molecule has 0 N–H and O–H groups in total. The number of rotatable bonds is 7. The zero-order valence-corrected chi connectivity index (χ0v) is 18.4. The van der Waals surface area contributed by atoms with Crippen molar-refractivity contribution in [2.24, 2.45) is 0 Å². The minimum atomic E-state index is -0.0573. The third-order valence-electron chi connectivity index (χ3n) is 4.18. The van der Waals surface area contributed by atoms with Crippen LogP contribution in [0.25, 0.3) is 10.2 Å². The van der Waals surface area contributed by atoms with Crippen LogP contribution in [0.3, 0.4) is 0 Å². The molecule has 0 radical (unpaired) electrons. The first kappa shape index (κ1) is 20.0. The van der Waals surface area contributed by atoms with Crippen molar-refractivity contribution in [3.8, 4) is 0 Å². The highest BCUT2D eigenvalue weighted by Crippen LogP contribution is 2.32. The summed E-state index contributed by atoms with van der Waals surface area (Å²) in [6, 6.07) is 7.88. The van der Waals surface area contributed by atoms with E-state index in [-0.39, 0.29) is 11.9 Å². The number of hydrogen-bond acceptors (Lipinski definition) is 5. The number of fused-ring (bicyclic) bond motifs is 1. The SMILES string of the molecule is CC(C)n1nccc1C(=O)N(CCCN(C)C)c1nc2ccc(Br)cc2s1. The molecule has 0 saturated carbocycles. The number of anilines is 1. The normalized spacial score (nSPS) is 11.7. The third-order valence-corrected chi connectivity index (χ3v) is 5.72. The third kappa shape index (κ3) is 4.56. The van der Waals surface area contributed by atoms with Crippen LogP contribution < -0.4 is 4.90 Å². The van der Waals surface area contributed by atoms with Gasteiger partial charge in [0.1, 0.15) is 5.69 Å². The Labute approximate surface area is 171 Å². The van der Waals surface area contributed by atoms with Crippen molar-refractivity contribution < 1.29 is 4.79 Å². The first-order valence-corrected chi connectivity index (χ1v) is 10.5. The first-order valence-electron chi connectivity index (χ1n) is 8.93. The molecular weight excluding hydrogens is 426 g/mol. The van der Waals surface area contributed by atoms with E-state index in [2.05, 4.69) is 25.9 Å². The van der Waals surface area contributed by atoms with E-state index in [1.54, 1.807) is 21.8 Å². The number of benzene rings is 1. The van der Waals surface area contributed by atoms with Gasteiger partial charge in [0.05, 0.1) is 10.2 Å². The van der Waals surface area contributed by atoms with Gasteiger partial charge in [0.15, 0.2) is 5.13 Å². The van der Waals surface area contributed by atoms with Crippen molar-refractivity contribution in [1.82, 2.24) is 19.7 Å². The van der Waals surface area contributed by atoms with E-state index < -0.39 is 0 Å². The summed E-state index contributed by atoms with van der Waals surface area (Å²) in [6.07, 6.45) is 2.55. The predicted molar refractivity (Wildman–Crippen MR) is 115 cm³/mol. The van der Waals surface area contributed by atoms with Crippen LogP contribution in [-0.2, 0) is 0 Å². The van der Waals surface area contributed by atoms with Gasteiger partial charge in [0.2, 0.25) is 0 Å². The molecule has 6 nitrogen and oxygen atoms in total. The lowest BCUT2D eigenvalue weighted by Gasteiger charge is -2.22. The fourth-order valence-corrected chi connectivity index (χ4v) is 4.41. The van der Waals surface area contributed by atoms with Gasteiger partial charge in [0, 0.05) is 23.3 Å². The molecule has 1 amide bonds. The number of thiazole rings is 1. The highest BCUT2D eigenvalue weighted by Gasteiger charge is 2.24. The lowest BCUT2D eigenvalue weighted by Crippen LogP contribution is -2.35. The van der Waals surface area contributed by atoms with Crippen LogP contribution in [0.15, 0.2) is 34.9 Å². The van der Waals surface area contributed by atoms with E-state index in [1.807, 2.05) is 46.1 Å². The molecule has 0 spiro atoms. The second kappa shape index (κ2) is 8.50. The molecule has 144 valence electrons. The zero-order chi connectivity index (χ0) is 19.6. The quantitative estimate of drug-likeness (QED) is 0.534. The van der Waals surface area contributed by atoms with Crippen LogP contribution in [-0.4, -0.2) is 52.8 Å². The molecule has 0 aliphatic rings. The van der Waals surface area contributed by atoms with Gasteiger partial charge in [-0.3, -0.25) is 14.4 Å². The number of nitrogens with zero attached hydrogens (tertiary/aromatic N) is 5. The molecule has 0 bridgehead atoms. The summed E-state index contributed by atoms with van der Waals surface area (Å²) in [5.74, 6) is -0.0573. The van der Waals surface area contributed by atoms with Crippen LogP contribution in [0, 0.1) is 0 Å². The maximum Gasteiger partial charge on any atom is 0.278 e. The number of carbonyl (C=O) groups excluding carboxylic acids is 1. The molecule has 8 heteroatoms. The second-order valence-corrected chi connectivity index (χ2v) is 8.90. The Morgan fingerprint density at radius 3 is 2.74 bits per heavy atom. The van der Waals surface area contributed by atoms with Crippen LogP contribution >= 0.6 is 27.3 Å². The van der Waals surface area contributed by atoms with Crippen LogP contribution in [0.1, 0.15) is 36.8 Å². The molecule has 0 aliphatic heterocycles. The lowest BCUT2D eigenvalue weighted by molar-refractivity contribution is 0.0974. The minimum absolute atomic E-state index is 0.0573. The van der Waals surface area contributed by atoms with Gasteiger partial charge in [-0.2, -0.15) is 5.10 Å². The largest absolute Gasteiger partial charge is 0.309 e. The number of halogens is 1. The topological polar surface area (TPSA) is 54.3 Å². The van der Waals surface area contributed by atoms with E-state index in [4.69, 9.17) is 4.98 Å². The minimum Gasteiger partial charge on any atom is -0.309 e. The number of amides is 1. The summed E-state index contributed by atoms with van der Waals surface area (Å²) >= 11 is 5.04. The van der Waals surface area contributed by atoms with Crippen LogP contribution in [0.2, 0.25) is 0 Å². The van der Waals surface area contributed by atoms with Gasteiger partial charge in [-0.25, -0.2) is 4.98 Å². The maximum atomic E-state index is 13.4. The molecule has 0 fully saturated rings. The van der Waals surface area contributed by atoms with E-state index >= 15 is 0 Å². The average molecular weight is 450 g/mol. The average Bonchev–Trinajstić information content (AvgIpc) is 3.24. The van der Waals surface area contributed by atoms with Crippen LogP contribution in [0.4, 0.5) is 5.13 Å². The number of aromatic nitrogens is 3. The summed E-state index contributed by atoms with van der Waals surface area (Å²) in [4.78, 5) is 22.0. The molecule has 3 aromatic rings. The summed E-state index contributed by atoms with van der Waals surface area (Å²) in [6.45, 7) is 5.57. The molecular formula is C19H24BrN5OS. The molecule has 2 aromatic heterocycles. The Morgan fingerprint density at radius 1 is 1.26 bits per heavy atom. The molecule has 0 saturated heterocycles. The molecule has 2 heterocycles. The Hall–Kier alpha value is -1.77. The van der Waals surface area contributed by atoms with E-state index in [9.17, 15) is 4.79 Å². The fourth-order valence-electron chi connectivity index (χ4n) is 2.86. The zero-order valence-electron chi connectivity index (χ0n) is 16.0.